The van der Waals surface area contributed by atoms with Crippen LogP contribution >= 0.6 is 0 Å². The molecule has 4 nitrogen and oxygen atoms in total. The maximum atomic E-state index is 4.61. The molecule has 2 rings (SSSR count). The molecule has 1 N–H and O–H groups in total. The van der Waals surface area contributed by atoms with Crippen LogP contribution in [0.4, 0.5) is 0 Å². The lowest BCUT2D eigenvalue weighted by Crippen LogP contribution is -2.35. The van der Waals surface area contributed by atoms with Gasteiger partial charge in [0.15, 0.2) is 5.82 Å². The second-order valence-electron chi connectivity index (χ2n) is 6.67. The minimum atomic E-state index is 0.116. The Morgan fingerprint density at radius 2 is 2.17 bits per heavy atom. The minimum Gasteiger partial charge on any atom is -0.305 e. The van der Waals surface area contributed by atoms with Crippen LogP contribution in [0.2, 0.25) is 0 Å². The van der Waals surface area contributed by atoms with Crippen LogP contribution in [0, 0.1) is 5.92 Å². The van der Waals surface area contributed by atoms with Crippen LogP contribution in [0.5, 0.6) is 0 Å². The van der Waals surface area contributed by atoms with Crippen LogP contribution in [0.15, 0.2) is 6.33 Å². The first-order chi connectivity index (χ1) is 8.44. The van der Waals surface area contributed by atoms with Crippen molar-refractivity contribution in [3.05, 3.63) is 12.2 Å². The van der Waals surface area contributed by atoms with Crippen LogP contribution < -0.4 is 5.32 Å². The quantitative estimate of drug-likeness (QED) is 0.897. The van der Waals surface area contributed by atoms with E-state index in [1.165, 1.54) is 25.7 Å². The first kappa shape index (κ1) is 13.5. The molecular formula is C14H26N4. The molecule has 1 heterocycles. The first-order valence-electron chi connectivity index (χ1n) is 7.09. The van der Waals surface area contributed by atoms with Gasteiger partial charge in [-0.05, 0) is 39.5 Å². The average Bonchev–Trinajstić information content (AvgIpc) is 2.74. The van der Waals surface area contributed by atoms with E-state index in [0.29, 0.717) is 6.04 Å². The SMILES string of the molecule is CC1CCCC(n2cnc(CNC(C)(C)C)n2)C1. The Labute approximate surface area is 110 Å². The Morgan fingerprint density at radius 3 is 2.83 bits per heavy atom. The van der Waals surface area contributed by atoms with Gasteiger partial charge in [0.05, 0.1) is 12.6 Å². The van der Waals surface area contributed by atoms with Crippen molar-refractivity contribution in [3.63, 3.8) is 0 Å². The van der Waals surface area contributed by atoms with Crippen molar-refractivity contribution in [1.82, 2.24) is 20.1 Å². The molecule has 1 aliphatic carbocycles. The topological polar surface area (TPSA) is 42.7 Å². The summed E-state index contributed by atoms with van der Waals surface area (Å²) in [6.45, 7) is 9.57. The molecule has 4 heteroatoms. The highest BCUT2D eigenvalue weighted by molar-refractivity contribution is 4.86. The second kappa shape index (κ2) is 5.39. The number of hydrogen-bond donors (Lipinski definition) is 1. The van der Waals surface area contributed by atoms with Crippen LogP contribution in [0.1, 0.15) is 65.2 Å². The smallest absolute Gasteiger partial charge is 0.164 e. The molecule has 1 aromatic rings. The fourth-order valence-electron chi connectivity index (χ4n) is 2.55. The summed E-state index contributed by atoms with van der Waals surface area (Å²) in [5.74, 6) is 1.73. The maximum absolute atomic E-state index is 4.61. The fourth-order valence-corrected chi connectivity index (χ4v) is 2.55. The van der Waals surface area contributed by atoms with Crippen molar-refractivity contribution in [3.8, 4) is 0 Å². The molecule has 2 atom stereocenters. The van der Waals surface area contributed by atoms with Crippen LogP contribution in [-0.4, -0.2) is 20.3 Å². The van der Waals surface area contributed by atoms with E-state index < -0.39 is 0 Å². The molecule has 0 amide bonds. The van der Waals surface area contributed by atoms with Gasteiger partial charge in [-0.15, -0.1) is 0 Å². The minimum absolute atomic E-state index is 0.116. The van der Waals surface area contributed by atoms with Crippen LogP contribution in [0.3, 0.4) is 0 Å². The van der Waals surface area contributed by atoms with Crippen molar-refractivity contribution in [1.29, 1.82) is 0 Å². The lowest BCUT2D eigenvalue weighted by atomic mass is 9.87. The van der Waals surface area contributed by atoms with Crippen LogP contribution in [0.25, 0.3) is 0 Å². The normalized spacial score (nSPS) is 25.3. The Hall–Kier alpha value is -0.900. The molecule has 1 fully saturated rings. The van der Waals surface area contributed by atoms with Gasteiger partial charge in [-0.3, -0.25) is 0 Å². The second-order valence-corrected chi connectivity index (χ2v) is 6.67. The lowest BCUT2D eigenvalue weighted by molar-refractivity contribution is 0.265. The molecule has 102 valence electrons. The van der Waals surface area contributed by atoms with Crippen molar-refractivity contribution in [2.75, 3.05) is 0 Å². The number of hydrogen-bond acceptors (Lipinski definition) is 3. The molecule has 1 saturated carbocycles. The third kappa shape index (κ3) is 3.80. The molecule has 0 aliphatic heterocycles. The summed E-state index contributed by atoms with van der Waals surface area (Å²) in [6, 6.07) is 0.560. The highest BCUT2D eigenvalue weighted by Crippen LogP contribution is 2.31. The summed E-state index contributed by atoms with van der Waals surface area (Å²) in [7, 11) is 0. The predicted octanol–water partition coefficient (Wildman–Crippen LogP) is 2.92. The molecule has 0 radical (unpaired) electrons. The molecule has 18 heavy (non-hydrogen) atoms. The van der Waals surface area contributed by atoms with Gasteiger partial charge in [-0.2, -0.15) is 5.10 Å². The van der Waals surface area contributed by atoms with E-state index in [2.05, 4.69) is 47.8 Å². The number of nitrogens with one attached hydrogen (secondary N) is 1. The zero-order valence-corrected chi connectivity index (χ0v) is 12.1. The van der Waals surface area contributed by atoms with E-state index in [0.717, 1.165) is 18.3 Å². The van der Waals surface area contributed by atoms with E-state index in [1.54, 1.807) is 0 Å². The summed E-state index contributed by atoms with van der Waals surface area (Å²) in [5, 5.41) is 8.04. The highest BCUT2D eigenvalue weighted by atomic mass is 15.3. The molecule has 1 aliphatic rings. The molecule has 0 aromatic carbocycles. The van der Waals surface area contributed by atoms with Gasteiger partial charge in [-0.1, -0.05) is 19.8 Å². The Kier molecular flexibility index (Phi) is 4.05. The van der Waals surface area contributed by atoms with Crippen molar-refractivity contribution < 1.29 is 0 Å². The average molecular weight is 250 g/mol. The predicted molar refractivity (Wildman–Crippen MR) is 73.3 cm³/mol. The highest BCUT2D eigenvalue weighted by Gasteiger charge is 2.21. The Morgan fingerprint density at radius 1 is 1.39 bits per heavy atom. The third-order valence-corrected chi connectivity index (χ3v) is 3.62. The summed E-state index contributed by atoms with van der Waals surface area (Å²) in [4.78, 5) is 4.41. The van der Waals surface area contributed by atoms with Crippen molar-refractivity contribution >= 4 is 0 Å². The first-order valence-corrected chi connectivity index (χ1v) is 7.09. The van der Waals surface area contributed by atoms with E-state index in [-0.39, 0.29) is 5.54 Å². The molecular weight excluding hydrogens is 224 g/mol. The third-order valence-electron chi connectivity index (χ3n) is 3.62. The monoisotopic (exact) mass is 250 g/mol. The van der Waals surface area contributed by atoms with Gasteiger partial charge >= 0.3 is 0 Å². The molecule has 0 spiro atoms. The van der Waals surface area contributed by atoms with Gasteiger partial charge in [0, 0.05) is 5.54 Å². The van der Waals surface area contributed by atoms with E-state index in [9.17, 15) is 0 Å². The summed E-state index contributed by atoms with van der Waals surface area (Å²) < 4.78 is 2.08. The van der Waals surface area contributed by atoms with Gasteiger partial charge in [0.25, 0.3) is 0 Å². The summed E-state index contributed by atoms with van der Waals surface area (Å²) in [5.41, 5.74) is 0.116. The molecule has 2 unspecified atom stereocenters. The maximum Gasteiger partial charge on any atom is 0.164 e. The zero-order chi connectivity index (χ0) is 13.2. The van der Waals surface area contributed by atoms with Gasteiger partial charge in [-0.25, -0.2) is 9.67 Å². The van der Waals surface area contributed by atoms with E-state index in [1.807, 2.05) is 6.33 Å². The molecule has 0 saturated heterocycles. The van der Waals surface area contributed by atoms with Crippen molar-refractivity contribution in [2.45, 2.75) is 71.5 Å². The van der Waals surface area contributed by atoms with Gasteiger partial charge in [0.2, 0.25) is 0 Å². The standard InChI is InChI=1S/C14H26N4/c1-11-6-5-7-12(8-11)18-10-15-13(17-18)9-16-14(2,3)4/h10-12,16H,5-9H2,1-4H3. The lowest BCUT2D eigenvalue weighted by Gasteiger charge is -2.26. The largest absolute Gasteiger partial charge is 0.305 e. The fraction of sp³-hybridized carbons (Fsp3) is 0.857. The Balaban J connectivity index is 1.93. The number of nitrogens with zero attached hydrogens (tertiary/aromatic N) is 3. The van der Waals surface area contributed by atoms with Crippen LogP contribution in [-0.2, 0) is 6.54 Å². The summed E-state index contributed by atoms with van der Waals surface area (Å²) in [6.07, 6.45) is 7.09. The van der Waals surface area contributed by atoms with E-state index >= 15 is 0 Å². The van der Waals surface area contributed by atoms with E-state index in [4.69, 9.17) is 0 Å². The zero-order valence-electron chi connectivity index (χ0n) is 12.1. The number of aromatic nitrogens is 3. The molecule has 0 bridgehead atoms. The van der Waals surface area contributed by atoms with Gasteiger partial charge < -0.3 is 5.32 Å². The Bertz CT molecular complexity index is 377. The van der Waals surface area contributed by atoms with Gasteiger partial charge in [0.1, 0.15) is 6.33 Å². The molecule has 1 aromatic heterocycles. The summed E-state index contributed by atoms with van der Waals surface area (Å²) >= 11 is 0. The number of rotatable bonds is 3. The van der Waals surface area contributed by atoms with Crippen molar-refractivity contribution in [2.24, 2.45) is 5.92 Å².